The maximum Gasteiger partial charge on any atom is 0.312 e. The molecule has 3 nitrogen and oxygen atoms in total. The Morgan fingerprint density at radius 3 is 2.33 bits per heavy atom. The molecule has 0 heterocycles. The Morgan fingerprint density at radius 2 is 2.00 bits per heavy atom. The highest BCUT2D eigenvalue weighted by molar-refractivity contribution is 7.86. The summed E-state index contributed by atoms with van der Waals surface area (Å²) in [5.74, 6) is -0.182. The summed E-state index contributed by atoms with van der Waals surface area (Å²) in [7, 11) is -3.42. The van der Waals surface area contributed by atoms with Crippen LogP contribution < -0.4 is 0 Å². The van der Waals surface area contributed by atoms with E-state index in [1.54, 1.807) is 0 Å². The van der Waals surface area contributed by atoms with Crippen LogP contribution in [0.15, 0.2) is 25.5 Å². The Kier molecular flexibility index (Phi) is 3.01. The fourth-order valence-corrected chi connectivity index (χ4v) is 0.862. The summed E-state index contributed by atoms with van der Waals surface area (Å²) in [5.41, 5.74) is 0. The summed E-state index contributed by atoms with van der Waals surface area (Å²) in [6, 6.07) is 0. The van der Waals surface area contributed by atoms with Crippen molar-refractivity contribution < 1.29 is 12.6 Å². The van der Waals surface area contributed by atoms with Crippen LogP contribution in [-0.2, 0) is 14.3 Å². The average Bonchev–Trinajstić information content (AvgIpc) is 1.64. The third-order valence-electron chi connectivity index (χ3n) is 0.537. The van der Waals surface area contributed by atoms with Gasteiger partial charge in [0, 0.05) is 0 Å². The van der Waals surface area contributed by atoms with Gasteiger partial charge >= 0.3 is 10.1 Å². The van der Waals surface area contributed by atoms with Crippen molar-refractivity contribution >= 4 is 10.1 Å². The van der Waals surface area contributed by atoms with Crippen molar-refractivity contribution in [2.24, 2.45) is 0 Å². The summed E-state index contributed by atoms with van der Waals surface area (Å²) in [6.07, 6.45) is 2.12. The van der Waals surface area contributed by atoms with E-state index in [-0.39, 0.29) is 5.75 Å². The molecule has 0 N–H and O–H groups in total. The molecular weight excluding hydrogens is 140 g/mol. The van der Waals surface area contributed by atoms with Crippen molar-refractivity contribution in [3.63, 3.8) is 0 Å². The van der Waals surface area contributed by atoms with Gasteiger partial charge in [-0.05, 0) is 0 Å². The molecule has 0 aromatic rings. The SMILES string of the molecule is C=CCS(=O)(=O)OC=C. The third kappa shape index (κ3) is 3.78. The van der Waals surface area contributed by atoms with E-state index in [0.29, 0.717) is 0 Å². The number of hydrogen-bond donors (Lipinski definition) is 0. The van der Waals surface area contributed by atoms with Gasteiger partial charge in [0.2, 0.25) is 0 Å². The lowest BCUT2D eigenvalue weighted by molar-refractivity contribution is 0.448. The highest BCUT2D eigenvalue weighted by Gasteiger charge is 2.03. The molecule has 0 saturated carbocycles. The van der Waals surface area contributed by atoms with Gasteiger partial charge in [-0.2, -0.15) is 8.42 Å². The van der Waals surface area contributed by atoms with Crippen LogP contribution in [0.3, 0.4) is 0 Å². The predicted octanol–water partition coefficient (Wildman–Crippen LogP) is 0.662. The van der Waals surface area contributed by atoms with Crippen LogP contribution in [-0.4, -0.2) is 14.2 Å². The van der Waals surface area contributed by atoms with E-state index in [0.717, 1.165) is 6.26 Å². The molecule has 0 atom stereocenters. The van der Waals surface area contributed by atoms with Gasteiger partial charge in [-0.15, -0.1) is 6.58 Å². The van der Waals surface area contributed by atoms with Crippen LogP contribution >= 0.6 is 0 Å². The minimum absolute atomic E-state index is 0.182. The molecule has 0 amide bonds. The van der Waals surface area contributed by atoms with E-state index in [1.165, 1.54) is 6.08 Å². The van der Waals surface area contributed by atoms with Gasteiger partial charge in [-0.1, -0.05) is 12.7 Å². The zero-order valence-corrected chi connectivity index (χ0v) is 5.73. The molecule has 0 unspecified atom stereocenters. The molecule has 0 saturated heterocycles. The van der Waals surface area contributed by atoms with Crippen LogP contribution in [0.2, 0.25) is 0 Å². The average molecular weight is 148 g/mol. The molecule has 0 aromatic heterocycles. The van der Waals surface area contributed by atoms with Gasteiger partial charge in [-0.3, -0.25) is 0 Å². The van der Waals surface area contributed by atoms with E-state index in [9.17, 15) is 8.42 Å². The molecule has 0 aliphatic rings. The predicted molar refractivity (Wildman–Crippen MR) is 35.3 cm³/mol. The minimum Gasteiger partial charge on any atom is -0.391 e. The first-order valence-corrected chi connectivity index (χ1v) is 3.83. The highest BCUT2D eigenvalue weighted by atomic mass is 32.2. The number of hydrogen-bond acceptors (Lipinski definition) is 3. The lowest BCUT2D eigenvalue weighted by atomic mass is 10.8. The van der Waals surface area contributed by atoms with Gasteiger partial charge in [-0.25, -0.2) is 0 Å². The fourth-order valence-electron chi connectivity index (χ4n) is 0.287. The lowest BCUT2D eigenvalue weighted by Crippen LogP contribution is -2.03. The minimum atomic E-state index is -3.42. The van der Waals surface area contributed by atoms with Crippen molar-refractivity contribution in [3.8, 4) is 0 Å². The molecule has 4 heteroatoms. The topological polar surface area (TPSA) is 43.4 Å². The van der Waals surface area contributed by atoms with Crippen molar-refractivity contribution in [3.05, 3.63) is 25.5 Å². The first-order valence-electron chi connectivity index (χ1n) is 2.25. The molecule has 0 radical (unpaired) electrons. The summed E-state index contributed by atoms with van der Waals surface area (Å²) >= 11 is 0. The second-order valence-electron chi connectivity index (χ2n) is 1.28. The molecule has 0 bridgehead atoms. The molecule has 0 aromatic carbocycles. The van der Waals surface area contributed by atoms with Gasteiger partial charge in [0.1, 0.15) is 5.75 Å². The summed E-state index contributed by atoms with van der Waals surface area (Å²) in [5, 5.41) is 0. The third-order valence-corrected chi connectivity index (χ3v) is 1.61. The largest absolute Gasteiger partial charge is 0.391 e. The first-order chi connectivity index (χ1) is 4.12. The number of rotatable bonds is 4. The molecular formula is C5H8O3S. The van der Waals surface area contributed by atoms with Gasteiger partial charge in [0.15, 0.2) is 0 Å². The molecule has 0 fully saturated rings. The van der Waals surface area contributed by atoms with E-state index < -0.39 is 10.1 Å². The summed E-state index contributed by atoms with van der Waals surface area (Å²) in [6.45, 7) is 6.33. The van der Waals surface area contributed by atoms with Crippen LogP contribution in [0, 0.1) is 0 Å². The Balaban J connectivity index is 4.03. The monoisotopic (exact) mass is 148 g/mol. The summed E-state index contributed by atoms with van der Waals surface area (Å²) in [4.78, 5) is 0. The quantitative estimate of drug-likeness (QED) is 0.334. The van der Waals surface area contributed by atoms with Crippen molar-refractivity contribution in [1.29, 1.82) is 0 Å². The maximum atomic E-state index is 10.5. The van der Waals surface area contributed by atoms with Crippen molar-refractivity contribution in [2.45, 2.75) is 0 Å². The molecule has 0 rings (SSSR count). The molecule has 0 spiro atoms. The first kappa shape index (κ1) is 8.23. The second kappa shape index (κ2) is 3.29. The van der Waals surface area contributed by atoms with Crippen molar-refractivity contribution in [1.82, 2.24) is 0 Å². The molecule has 0 aliphatic heterocycles. The Bertz CT molecular complexity index is 174. The Hall–Kier alpha value is -0.770. The molecule has 52 valence electrons. The highest BCUT2D eigenvalue weighted by Crippen LogP contribution is 1.91. The van der Waals surface area contributed by atoms with E-state index in [4.69, 9.17) is 0 Å². The van der Waals surface area contributed by atoms with Crippen LogP contribution in [0.5, 0.6) is 0 Å². The van der Waals surface area contributed by atoms with E-state index in [2.05, 4.69) is 17.3 Å². The van der Waals surface area contributed by atoms with Crippen LogP contribution in [0.4, 0.5) is 0 Å². The van der Waals surface area contributed by atoms with Gasteiger partial charge in [0.05, 0.1) is 6.26 Å². The molecule has 9 heavy (non-hydrogen) atoms. The van der Waals surface area contributed by atoms with Crippen molar-refractivity contribution in [2.75, 3.05) is 5.75 Å². The Morgan fingerprint density at radius 1 is 1.44 bits per heavy atom. The zero-order chi connectivity index (χ0) is 7.33. The zero-order valence-electron chi connectivity index (χ0n) is 4.91. The van der Waals surface area contributed by atoms with Crippen LogP contribution in [0.25, 0.3) is 0 Å². The molecule has 0 aliphatic carbocycles. The Labute approximate surface area is 54.8 Å². The van der Waals surface area contributed by atoms with Gasteiger partial charge in [0.25, 0.3) is 0 Å². The van der Waals surface area contributed by atoms with E-state index >= 15 is 0 Å². The normalized spacial score (nSPS) is 10.2. The second-order valence-corrected chi connectivity index (χ2v) is 2.92. The lowest BCUT2D eigenvalue weighted by Gasteiger charge is -1.95. The van der Waals surface area contributed by atoms with Crippen LogP contribution in [0.1, 0.15) is 0 Å². The van der Waals surface area contributed by atoms with E-state index in [1.807, 2.05) is 0 Å². The smallest absolute Gasteiger partial charge is 0.312 e. The fraction of sp³-hybridized carbons (Fsp3) is 0.200. The summed E-state index contributed by atoms with van der Waals surface area (Å²) < 4.78 is 25.1. The maximum absolute atomic E-state index is 10.5. The van der Waals surface area contributed by atoms with Gasteiger partial charge < -0.3 is 4.18 Å². The standard InChI is InChI=1S/C5H8O3S/c1-3-5-9(6,7)8-4-2/h3-4H,1-2,5H2.